The van der Waals surface area contributed by atoms with Crippen LogP contribution >= 0.6 is 0 Å². The van der Waals surface area contributed by atoms with Gasteiger partial charge in [-0.1, -0.05) is 0 Å². The van der Waals surface area contributed by atoms with Crippen LogP contribution in [-0.4, -0.2) is 40.6 Å². The Kier molecular flexibility index (Phi) is 5.02. The van der Waals surface area contributed by atoms with Crippen molar-refractivity contribution in [2.45, 2.75) is 25.1 Å². The molecule has 0 radical (unpaired) electrons. The quantitative estimate of drug-likeness (QED) is 0.385. The van der Waals surface area contributed by atoms with Crippen molar-refractivity contribution in [1.82, 2.24) is 5.01 Å². The van der Waals surface area contributed by atoms with Crippen molar-refractivity contribution >= 4 is 23.3 Å². The van der Waals surface area contributed by atoms with E-state index in [-0.39, 0.29) is 12.1 Å². The summed E-state index contributed by atoms with van der Waals surface area (Å²) >= 11 is 0. The third kappa shape index (κ3) is 4.19. The molecule has 0 amide bonds. The molecule has 1 aliphatic heterocycles. The van der Waals surface area contributed by atoms with E-state index in [0.29, 0.717) is 18.7 Å². The van der Waals surface area contributed by atoms with Gasteiger partial charge < -0.3 is 10.2 Å². The summed E-state index contributed by atoms with van der Waals surface area (Å²) in [6, 6.07) is 4.18. The second-order valence-electron chi connectivity index (χ2n) is 4.97. The summed E-state index contributed by atoms with van der Waals surface area (Å²) in [4.78, 5) is 32.5. The van der Waals surface area contributed by atoms with Gasteiger partial charge in [-0.15, -0.1) is 0 Å². The summed E-state index contributed by atoms with van der Waals surface area (Å²) in [5.41, 5.74) is 3.04. The van der Waals surface area contributed by atoms with Crippen molar-refractivity contribution in [2.75, 3.05) is 12.0 Å². The first-order valence-electron chi connectivity index (χ1n) is 6.79. The Bertz CT molecular complexity index is 647. The number of rotatable bonds is 4. The molecule has 0 saturated carbocycles. The van der Waals surface area contributed by atoms with E-state index >= 15 is 0 Å². The Morgan fingerprint density at radius 2 is 1.92 bits per heavy atom. The molecule has 8 nitrogen and oxygen atoms in total. The molecule has 11 heteroatoms. The topological polar surface area (TPSA) is 102 Å². The number of alkyl halides is 3. The van der Waals surface area contributed by atoms with Crippen molar-refractivity contribution in [2.24, 2.45) is 0 Å². The molecule has 1 N–H and O–H groups in total. The van der Waals surface area contributed by atoms with Crippen molar-refractivity contribution in [3.05, 3.63) is 34.4 Å². The summed E-state index contributed by atoms with van der Waals surface area (Å²) in [6.45, 7) is 0.330. The number of hydrogen-bond acceptors (Lipinski definition) is 7. The van der Waals surface area contributed by atoms with Crippen LogP contribution in [0.4, 0.5) is 24.5 Å². The SMILES string of the molecule is O=C(OC(=O)C(F)(F)F)[C@@H]1CCCN1Nc1ccc([N+](=O)[O-])cc1. The lowest BCUT2D eigenvalue weighted by Gasteiger charge is -2.24. The molecule has 1 saturated heterocycles. The zero-order valence-electron chi connectivity index (χ0n) is 12.1. The van der Waals surface area contributed by atoms with E-state index in [2.05, 4.69) is 10.2 Å². The van der Waals surface area contributed by atoms with Gasteiger partial charge in [0.25, 0.3) is 5.69 Å². The highest BCUT2D eigenvalue weighted by Gasteiger charge is 2.44. The predicted molar refractivity (Wildman–Crippen MR) is 73.6 cm³/mol. The third-order valence-electron chi connectivity index (χ3n) is 3.30. The monoisotopic (exact) mass is 347 g/mol. The molecule has 0 bridgehead atoms. The first-order chi connectivity index (χ1) is 11.2. The molecular formula is C13H12F3N3O5. The molecule has 1 aliphatic rings. The number of nitro groups is 1. The van der Waals surface area contributed by atoms with E-state index < -0.39 is 29.1 Å². The van der Waals surface area contributed by atoms with Crippen LogP contribution in [0.2, 0.25) is 0 Å². The molecule has 130 valence electrons. The maximum Gasteiger partial charge on any atom is 0.491 e. The Labute approximate surface area is 133 Å². The largest absolute Gasteiger partial charge is 0.491 e. The van der Waals surface area contributed by atoms with Gasteiger partial charge in [0.1, 0.15) is 6.04 Å². The van der Waals surface area contributed by atoms with Crippen LogP contribution in [0, 0.1) is 10.1 Å². The summed E-state index contributed by atoms with van der Waals surface area (Å²) < 4.78 is 40.2. The van der Waals surface area contributed by atoms with Crippen LogP contribution in [0.25, 0.3) is 0 Å². The number of hydrogen-bond donors (Lipinski definition) is 1. The summed E-state index contributed by atoms with van der Waals surface area (Å²) in [6.07, 6.45) is -4.53. The average molecular weight is 347 g/mol. The third-order valence-corrected chi connectivity index (χ3v) is 3.30. The zero-order chi connectivity index (χ0) is 17.9. The molecule has 2 rings (SSSR count). The van der Waals surface area contributed by atoms with Gasteiger partial charge in [-0.2, -0.15) is 13.2 Å². The molecule has 1 aromatic rings. The molecule has 0 spiro atoms. The number of carbonyl (C=O) groups is 2. The second kappa shape index (κ2) is 6.83. The molecule has 0 aromatic heterocycles. The van der Waals surface area contributed by atoms with Crippen LogP contribution in [0.5, 0.6) is 0 Å². The molecule has 1 aromatic carbocycles. The molecule has 24 heavy (non-hydrogen) atoms. The van der Waals surface area contributed by atoms with Crippen LogP contribution in [0.3, 0.4) is 0 Å². The first kappa shape index (κ1) is 17.7. The van der Waals surface area contributed by atoms with E-state index in [1.807, 2.05) is 0 Å². The summed E-state index contributed by atoms with van der Waals surface area (Å²) in [5.74, 6) is -3.86. The minimum Gasteiger partial charge on any atom is -0.385 e. The van der Waals surface area contributed by atoms with E-state index in [0.717, 1.165) is 0 Å². The number of anilines is 1. The van der Waals surface area contributed by atoms with Crippen molar-refractivity contribution in [3.63, 3.8) is 0 Å². The van der Waals surface area contributed by atoms with Crippen molar-refractivity contribution < 1.29 is 32.4 Å². The zero-order valence-corrected chi connectivity index (χ0v) is 12.1. The number of ether oxygens (including phenoxy) is 1. The fourth-order valence-corrected chi connectivity index (χ4v) is 2.19. The van der Waals surface area contributed by atoms with Crippen LogP contribution < -0.4 is 5.43 Å². The Morgan fingerprint density at radius 3 is 2.46 bits per heavy atom. The highest BCUT2D eigenvalue weighted by atomic mass is 19.4. The van der Waals surface area contributed by atoms with Gasteiger partial charge in [-0.3, -0.25) is 10.1 Å². The van der Waals surface area contributed by atoms with Crippen LogP contribution in [0.1, 0.15) is 12.8 Å². The van der Waals surface area contributed by atoms with Crippen LogP contribution in [0.15, 0.2) is 24.3 Å². The molecule has 1 atom stereocenters. The number of benzene rings is 1. The summed E-state index contributed by atoms with van der Waals surface area (Å²) in [5, 5.41) is 11.9. The van der Waals surface area contributed by atoms with Crippen molar-refractivity contribution in [1.29, 1.82) is 0 Å². The number of nitro benzene ring substituents is 1. The standard InChI is InChI=1S/C13H12F3N3O5/c14-13(15,16)12(21)24-11(20)10-2-1-7-18(10)17-8-3-5-9(6-4-8)19(22)23/h3-6,10,17H,1-2,7H2/t10-/m0/s1. The first-order valence-corrected chi connectivity index (χ1v) is 6.79. The fourth-order valence-electron chi connectivity index (χ4n) is 2.19. The highest BCUT2D eigenvalue weighted by molar-refractivity contribution is 5.91. The van der Waals surface area contributed by atoms with E-state index in [1.54, 1.807) is 0 Å². The minimum atomic E-state index is -5.25. The number of nitrogens with one attached hydrogen (secondary N) is 1. The number of esters is 2. The highest BCUT2D eigenvalue weighted by Crippen LogP contribution is 2.23. The lowest BCUT2D eigenvalue weighted by Crippen LogP contribution is -2.43. The van der Waals surface area contributed by atoms with Gasteiger partial charge >= 0.3 is 18.1 Å². The number of hydrazine groups is 1. The van der Waals surface area contributed by atoms with E-state index in [1.165, 1.54) is 29.3 Å². The predicted octanol–water partition coefficient (Wildman–Crippen LogP) is 2.02. The van der Waals surface area contributed by atoms with E-state index in [9.17, 15) is 32.9 Å². The Hall–Kier alpha value is -2.69. The minimum absolute atomic E-state index is 0.131. The normalized spacial score (nSPS) is 18.2. The number of halogens is 3. The van der Waals surface area contributed by atoms with Gasteiger partial charge in [0.2, 0.25) is 0 Å². The van der Waals surface area contributed by atoms with Gasteiger partial charge in [-0.05, 0) is 25.0 Å². The van der Waals surface area contributed by atoms with Gasteiger partial charge in [0.15, 0.2) is 0 Å². The van der Waals surface area contributed by atoms with E-state index in [4.69, 9.17) is 0 Å². The number of non-ortho nitro benzene ring substituents is 1. The Balaban J connectivity index is 2.01. The fraction of sp³-hybridized carbons (Fsp3) is 0.385. The summed E-state index contributed by atoms with van der Waals surface area (Å²) in [7, 11) is 0. The van der Waals surface area contributed by atoms with Gasteiger partial charge in [-0.25, -0.2) is 14.6 Å². The van der Waals surface area contributed by atoms with Crippen LogP contribution in [-0.2, 0) is 14.3 Å². The molecule has 1 heterocycles. The second-order valence-corrected chi connectivity index (χ2v) is 4.97. The van der Waals surface area contributed by atoms with Gasteiger partial charge in [0.05, 0.1) is 4.92 Å². The van der Waals surface area contributed by atoms with Crippen molar-refractivity contribution in [3.8, 4) is 0 Å². The molecular weight excluding hydrogens is 335 g/mol. The molecule has 0 unspecified atom stereocenters. The molecule has 0 aliphatic carbocycles. The van der Waals surface area contributed by atoms with Gasteiger partial charge in [0, 0.05) is 24.4 Å². The lowest BCUT2D eigenvalue weighted by molar-refractivity contribution is -0.384. The number of nitrogens with zero attached hydrogens (tertiary/aromatic N) is 2. The maximum atomic E-state index is 12.1. The maximum absolute atomic E-state index is 12.1. The Morgan fingerprint density at radius 1 is 1.29 bits per heavy atom. The lowest BCUT2D eigenvalue weighted by atomic mass is 10.2. The smallest absolute Gasteiger partial charge is 0.385 e. The molecule has 1 fully saturated rings. The number of carbonyl (C=O) groups excluding carboxylic acids is 2. The average Bonchev–Trinajstić information content (AvgIpc) is 2.95.